The molecule has 0 amide bonds. The van der Waals surface area contributed by atoms with Gasteiger partial charge in [-0.2, -0.15) is 0 Å². The van der Waals surface area contributed by atoms with E-state index in [1.165, 1.54) is 25.7 Å². The molecule has 0 aromatic heterocycles. The highest BCUT2D eigenvalue weighted by Gasteiger charge is 2.54. The largest absolute Gasteiger partial charge is 0.500 e. The van der Waals surface area contributed by atoms with Gasteiger partial charge >= 0.3 is 17.6 Å². The van der Waals surface area contributed by atoms with E-state index in [1.54, 1.807) is 0 Å². The molecule has 6 nitrogen and oxygen atoms in total. The average Bonchev–Trinajstić information content (AvgIpc) is 3.03. The summed E-state index contributed by atoms with van der Waals surface area (Å²) in [5, 5.41) is 0. The van der Waals surface area contributed by atoms with Gasteiger partial charge in [-0.1, -0.05) is 88.0 Å². The second kappa shape index (κ2) is 23.2. The molecular weight excluding hydrogens is 621 g/mol. The summed E-state index contributed by atoms with van der Waals surface area (Å²) in [6.45, 7) is 29.3. The zero-order valence-corrected chi connectivity index (χ0v) is 36.1. The molecule has 0 radical (unpaired) electrons. The van der Waals surface area contributed by atoms with E-state index in [-0.39, 0.29) is 0 Å². The molecule has 0 saturated heterocycles. The van der Waals surface area contributed by atoms with Gasteiger partial charge < -0.3 is 25.6 Å². The van der Waals surface area contributed by atoms with Crippen LogP contribution in [0.4, 0.5) is 0 Å². The van der Waals surface area contributed by atoms with Gasteiger partial charge in [-0.3, -0.25) is 0 Å². The average molecular weight is 697 g/mol. The van der Waals surface area contributed by atoms with Crippen LogP contribution in [0.15, 0.2) is 0 Å². The van der Waals surface area contributed by atoms with Crippen LogP contribution in [0.25, 0.3) is 0 Å². The van der Waals surface area contributed by atoms with Crippen molar-refractivity contribution in [2.24, 2.45) is 0 Å². The fraction of sp³-hybridized carbons (Fsp3) is 1.00. The van der Waals surface area contributed by atoms with Crippen molar-refractivity contribution in [1.82, 2.24) is 0 Å². The first kappa shape index (κ1) is 43.8. The molecule has 0 fully saturated rings. The Bertz CT molecular complexity index is 578. The van der Waals surface area contributed by atoms with Gasteiger partial charge in [-0.05, 0) is 88.0 Å². The monoisotopic (exact) mass is 696 g/mol. The summed E-state index contributed by atoms with van der Waals surface area (Å²) in [7, 11) is -11.2. The van der Waals surface area contributed by atoms with Crippen LogP contribution in [-0.4, -0.2) is 62.4 Å². The van der Waals surface area contributed by atoms with Crippen LogP contribution >= 0.6 is 0 Å². The van der Waals surface area contributed by atoms with E-state index in [0.717, 1.165) is 79.3 Å². The topological polar surface area (TPSA) is 55.4 Å². The molecule has 0 aromatic rings. The lowest BCUT2D eigenvalue weighted by Crippen LogP contribution is -2.64. The van der Waals surface area contributed by atoms with Crippen LogP contribution in [0, 0.1) is 0 Å². The molecule has 0 aliphatic heterocycles. The van der Waals surface area contributed by atoms with Gasteiger partial charge in [0.2, 0.25) is 0 Å². The number of hydrogen-bond acceptors (Lipinski definition) is 6. The molecule has 0 spiro atoms. The highest BCUT2D eigenvalue weighted by atomic mass is 28.5. The number of unbranched alkanes of at least 4 members (excludes halogenated alkanes) is 5. The van der Waals surface area contributed by atoms with E-state index < -0.39 is 42.6 Å². The predicted molar refractivity (Wildman–Crippen MR) is 199 cm³/mol. The Balaban J connectivity index is 5.84. The van der Waals surface area contributed by atoms with Gasteiger partial charge in [0.25, 0.3) is 0 Å². The van der Waals surface area contributed by atoms with E-state index in [9.17, 15) is 0 Å². The molecule has 11 heteroatoms. The zero-order valence-electron chi connectivity index (χ0n) is 31.1. The first-order chi connectivity index (χ1) is 20.6. The van der Waals surface area contributed by atoms with Crippen LogP contribution in [0.2, 0.25) is 66.5 Å². The third-order valence-corrected chi connectivity index (χ3v) is 34.9. The van der Waals surface area contributed by atoms with Crippen molar-refractivity contribution in [3.63, 3.8) is 0 Å². The minimum Gasteiger partial charge on any atom is -0.416 e. The van der Waals surface area contributed by atoms with Gasteiger partial charge in [0.1, 0.15) is 0 Å². The van der Waals surface area contributed by atoms with Crippen LogP contribution in [0.3, 0.4) is 0 Å². The summed E-state index contributed by atoms with van der Waals surface area (Å²) in [5.74, 6) is 0. The van der Waals surface area contributed by atoms with E-state index in [4.69, 9.17) is 25.6 Å². The summed E-state index contributed by atoms with van der Waals surface area (Å²) >= 11 is 0. The Labute approximate surface area is 275 Å². The third-order valence-electron chi connectivity index (χ3n) is 10.2. The summed E-state index contributed by atoms with van der Waals surface area (Å²) in [6, 6.07) is 12.3. The van der Waals surface area contributed by atoms with Crippen molar-refractivity contribution in [1.29, 1.82) is 0 Å². The lowest BCUT2D eigenvalue weighted by atomic mass is 10.1. The van der Waals surface area contributed by atoms with E-state index in [0.29, 0.717) is 19.8 Å². The van der Waals surface area contributed by atoms with Gasteiger partial charge in [0.15, 0.2) is 25.0 Å². The first-order valence-electron chi connectivity index (χ1n) is 18.6. The van der Waals surface area contributed by atoms with Crippen molar-refractivity contribution < 1.29 is 25.6 Å². The second-order valence-corrected chi connectivity index (χ2v) is 32.8. The highest BCUT2D eigenvalue weighted by Crippen LogP contribution is 2.39. The minimum atomic E-state index is -2.88. The van der Waals surface area contributed by atoms with Crippen LogP contribution < -0.4 is 0 Å². The Hall–Kier alpha value is 0.844. The molecule has 0 N–H and O–H groups in total. The molecule has 0 bridgehead atoms. The predicted octanol–water partition coefficient (Wildman–Crippen LogP) is 11.4. The molecule has 0 aliphatic carbocycles. The number of rotatable bonds is 30. The Morgan fingerprint density at radius 3 is 0.767 bits per heavy atom. The van der Waals surface area contributed by atoms with E-state index >= 15 is 0 Å². The van der Waals surface area contributed by atoms with Crippen molar-refractivity contribution in [3.05, 3.63) is 0 Å². The van der Waals surface area contributed by atoms with Crippen LogP contribution in [0.1, 0.15) is 122 Å². The summed E-state index contributed by atoms with van der Waals surface area (Å²) in [6.07, 6.45) is 7.14. The fourth-order valence-corrected chi connectivity index (χ4v) is 30.3. The SMILES string of the molecule is CCO[Si](CCCCCCCC[Si](O[Si](CC)(CC)CC)(O[Si](CC)(CC)CC)O[Si](CC)(CC)CC)(OCC)OCC. The lowest BCUT2D eigenvalue weighted by molar-refractivity contribution is 0.0706. The van der Waals surface area contributed by atoms with Crippen molar-refractivity contribution in [2.45, 2.75) is 188 Å². The Kier molecular flexibility index (Phi) is 23.7. The molecule has 0 saturated carbocycles. The van der Waals surface area contributed by atoms with Crippen molar-refractivity contribution >= 4 is 42.6 Å². The summed E-state index contributed by atoms with van der Waals surface area (Å²) in [4.78, 5) is 0. The van der Waals surface area contributed by atoms with Crippen LogP contribution in [0.5, 0.6) is 0 Å². The molecule has 0 unspecified atom stereocenters. The highest BCUT2D eigenvalue weighted by molar-refractivity contribution is 6.92. The molecule has 0 rings (SSSR count). The minimum absolute atomic E-state index is 0.652. The van der Waals surface area contributed by atoms with Crippen molar-refractivity contribution in [3.8, 4) is 0 Å². The first-order valence-corrected chi connectivity index (χ1v) is 30.0. The quantitative estimate of drug-likeness (QED) is 0.0550. The van der Waals surface area contributed by atoms with Crippen molar-refractivity contribution in [2.75, 3.05) is 19.8 Å². The normalized spacial score (nSPS) is 13.7. The maximum atomic E-state index is 7.61. The molecule has 260 valence electrons. The molecule has 0 aliphatic rings. The maximum absolute atomic E-state index is 7.61. The zero-order chi connectivity index (χ0) is 32.9. The Morgan fingerprint density at radius 1 is 0.302 bits per heavy atom. The van der Waals surface area contributed by atoms with Gasteiger partial charge in [-0.15, -0.1) is 0 Å². The number of hydrogen-bond donors (Lipinski definition) is 0. The molecule has 0 aromatic carbocycles. The summed E-state index contributed by atoms with van der Waals surface area (Å²) in [5.41, 5.74) is 0. The molecule has 0 atom stereocenters. The maximum Gasteiger partial charge on any atom is 0.500 e. The van der Waals surface area contributed by atoms with Gasteiger partial charge in [0.05, 0.1) is 0 Å². The van der Waals surface area contributed by atoms with Gasteiger partial charge in [0, 0.05) is 31.9 Å². The van der Waals surface area contributed by atoms with E-state index in [1.807, 2.05) is 20.8 Å². The smallest absolute Gasteiger partial charge is 0.416 e. The standard InChI is InChI=1S/C32H76O6Si5/c1-13-33-42(34-14-2,35-15-3)31-29-27-25-26-28-30-32-43(36-39(16-4,17-5)18-6,37-40(19-7,20-8)21-9)38-41(22-10,23-11)24-12/h13-32H2,1-12H3. The van der Waals surface area contributed by atoms with Gasteiger partial charge in [-0.25, -0.2) is 0 Å². The second-order valence-electron chi connectivity index (χ2n) is 12.3. The lowest BCUT2D eigenvalue weighted by Gasteiger charge is -2.48. The van der Waals surface area contributed by atoms with E-state index in [2.05, 4.69) is 62.3 Å². The molecule has 0 heterocycles. The third kappa shape index (κ3) is 14.2. The summed E-state index contributed by atoms with van der Waals surface area (Å²) < 4.78 is 41.0. The van der Waals surface area contributed by atoms with Crippen LogP contribution in [-0.2, 0) is 25.6 Å². The fourth-order valence-electron chi connectivity index (χ4n) is 6.50. The molecule has 43 heavy (non-hydrogen) atoms. The Morgan fingerprint density at radius 2 is 0.535 bits per heavy atom. The molecular formula is C32H76O6Si5.